The molecule has 1 spiro atoms. The summed E-state index contributed by atoms with van der Waals surface area (Å²) < 4.78 is 10.6. The third-order valence-corrected chi connectivity index (χ3v) is 9.03. The van der Waals surface area contributed by atoms with Crippen LogP contribution < -0.4 is 10.6 Å². The van der Waals surface area contributed by atoms with E-state index >= 15 is 0 Å². The molecule has 1 saturated carbocycles. The third-order valence-electron chi connectivity index (χ3n) is 9.03. The van der Waals surface area contributed by atoms with Gasteiger partial charge in [-0.05, 0) is 43.2 Å². The number of carbonyl (C=O) groups is 3. The molecule has 40 heavy (non-hydrogen) atoms. The Morgan fingerprint density at radius 1 is 1.10 bits per heavy atom. The Morgan fingerprint density at radius 3 is 2.55 bits per heavy atom. The minimum Gasteiger partial charge on any atom is -0.379 e. The van der Waals surface area contributed by atoms with Crippen LogP contribution in [-0.2, 0) is 19.7 Å². The lowest BCUT2D eigenvalue weighted by Gasteiger charge is -2.41. The van der Waals surface area contributed by atoms with E-state index in [9.17, 15) is 14.4 Å². The van der Waals surface area contributed by atoms with Crippen LogP contribution in [-0.4, -0.2) is 66.2 Å². The topological polar surface area (TPSA) is 114 Å². The van der Waals surface area contributed by atoms with Gasteiger partial charge < -0.3 is 24.8 Å². The second-order valence-corrected chi connectivity index (χ2v) is 11.5. The SMILES string of the molecule is CO[C@H](C)[C@H](NC(=O)[C@H](CC1CCCCC1)NC(=O)c1ccno1)C(=O)N1CCC2(C=Cc3ccccc32)CC1. The number of hydrogen-bond donors (Lipinski definition) is 2. The molecule has 1 aromatic heterocycles. The zero-order valence-electron chi connectivity index (χ0n) is 23.4. The lowest BCUT2D eigenvalue weighted by molar-refractivity contribution is -0.141. The Kier molecular flexibility index (Phi) is 8.69. The largest absolute Gasteiger partial charge is 0.379 e. The molecule has 2 aliphatic carbocycles. The molecule has 1 saturated heterocycles. The van der Waals surface area contributed by atoms with Crippen LogP contribution in [0.3, 0.4) is 0 Å². The Balaban J connectivity index is 1.27. The molecule has 9 nitrogen and oxygen atoms in total. The van der Waals surface area contributed by atoms with E-state index in [0.717, 1.165) is 38.5 Å². The molecule has 5 rings (SSSR count). The van der Waals surface area contributed by atoms with Gasteiger partial charge in [0.05, 0.1) is 12.3 Å². The van der Waals surface area contributed by atoms with Crippen molar-refractivity contribution in [3.05, 3.63) is 59.5 Å². The molecule has 0 radical (unpaired) electrons. The van der Waals surface area contributed by atoms with Gasteiger partial charge in [0.2, 0.25) is 17.6 Å². The van der Waals surface area contributed by atoms with Gasteiger partial charge >= 0.3 is 0 Å². The molecular formula is C31H40N4O5. The van der Waals surface area contributed by atoms with E-state index in [2.05, 4.69) is 52.2 Å². The van der Waals surface area contributed by atoms with Crippen molar-refractivity contribution in [2.75, 3.05) is 20.2 Å². The number of allylic oxidation sites excluding steroid dienone is 1. The van der Waals surface area contributed by atoms with Gasteiger partial charge in [-0.15, -0.1) is 0 Å². The van der Waals surface area contributed by atoms with Crippen LogP contribution in [0, 0.1) is 5.92 Å². The Bertz CT molecular complexity index is 1210. The van der Waals surface area contributed by atoms with Crippen molar-refractivity contribution in [3.8, 4) is 0 Å². The van der Waals surface area contributed by atoms with Crippen LogP contribution in [0.2, 0.25) is 0 Å². The van der Waals surface area contributed by atoms with Gasteiger partial charge in [-0.1, -0.05) is 73.7 Å². The van der Waals surface area contributed by atoms with Gasteiger partial charge in [0.25, 0.3) is 5.91 Å². The number of piperidine rings is 1. The number of benzene rings is 1. The predicted octanol–water partition coefficient (Wildman–Crippen LogP) is 3.85. The van der Waals surface area contributed by atoms with Crippen LogP contribution in [0.1, 0.15) is 80.0 Å². The lowest BCUT2D eigenvalue weighted by Crippen LogP contribution is -2.59. The molecule has 2 aromatic rings. The third kappa shape index (κ3) is 5.99. The maximum atomic E-state index is 13.8. The van der Waals surface area contributed by atoms with Crippen molar-refractivity contribution in [1.29, 1.82) is 0 Å². The van der Waals surface area contributed by atoms with Gasteiger partial charge in [0, 0.05) is 31.7 Å². The van der Waals surface area contributed by atoms with E-state index in [4.69, 9.17) is 9.26 Å². The molecule has 0 unspecified atom stereocenters. The van der Waals surface area contributed by atoms with Crippen molar-refractivity contribution < 1.29 is 23.6 Å². The fourth-order valence-electron chi connectivity index (χ4n) is 6.51. The first-order chi connectivity index (χ1) is 19.4. The second kappa shape index (κ2) is 12.4. The van der Waals surface area contributed by atoms with Crippen molar-refractivity contribution in [2.45, 2.75) is 81.9 Å². The average molecular weight is 549 g/mol. The fraction of sp³-hybridized carbons (Fsp3) is 0.548. The number of nitrogens with zero attached hydrogens (tertiary/aromatic N) is 2. The van der Waals surface area contributed by atoms with Gasteiger partial charge in [-0.3, -0.25) is 14.4 Å². The van der Waals surface area contributed by atoms with Crippen LogP contribution >= 0.6 is 0 Å². The first-order valence-corrected chi connectivity index (χ1v) is 14.5. The molecule has 3 atom stereocenters. The monoisotopic (exact) mass is 548 g/mol. The first kappa shape index (κ1) is 28.1. The highest BCUT2D eigenvalue weighted by Crippen LogP contribution is 2.43. The number of ether oxygens (including phenoxy) is 1. The number of fused-ring (bicyclic) bond motifs is 2. The fourth-order valence-corrected chi connectivity index (χ4v) is 6.51. The maximum absolute atomic E-state index is 13.8. The summed E-state index contributed by atoms with van der Waals surface area (Å²) in [6, 6.07) is 8.24. The van der Waals surface area contributed by atoms with E-state index < -0.39 is 24.1 Å². The summed E-state index contributed by atoms with van der Waals surface area (Å²) >= 11 is 0. The Morgan fingerprint density at radius 2 is 1.85 bits per heavy atom. The highest BCUT2D eigenvalue weighted by atomic mass is 16.5. The minimum absolute atomic E-state index is 0.0455. The van der Waals surface area contributed by atoms with Crippen molar-refractivity contribution in [2.24, 2.45) is 5.92 Å². The standard InChI is InChI=1S/C31H40N4O5/c1-21(39-2)27(30(38)35-18-15-31(16-19-35)14-12-23-10-6-7-11-24(23)31)34-28(36)25(20-22-8-4-3-5-9-22)33-29(37)26-13-17-32-40-26/h6-7,10-14,17,21-22,25,27H,3-5,8-9,15-16,18-20H2,1-2H3,(H,33,37)(H,34,36)/t21-,25+,27+/m1/s1. The number of methoxy groups -OCH3 is 1. The average Bonchev–Trinajstić information content (AvgIpc) is 3.65. The summed E-state index contributed by atoms with van der Waals surface area (Å²) in [5, 5.41) is 9.38. The second-order valence-electron chi connectivity index (χ2n) is 11.5. The summed E-state index contributed by atoms with van der Waals surface area (Å²) in [5.74, 6) is -0.673. The summed E-state index contributed by atoms with van der Waals surface area (Å²) in [7, 11) is 1.54. The molecule has 2 heterocycles. The Labute approximate surface area is 235 Å². The van der Waals surface area contributed by atoms with Gasteiger partial charge in [-0.25, -0.2) is 0 Å². The number of aromatic nitrogens is 1. The summed E-state index contributed by atoms with van der Waals surface area (Å²) in [6.07, 6.45) is 12.9. The van der Waals surface area contributed by atoms with Gasteiger partial charge in [0.1, 0.15) is 12.1 Å². The van der Waals surface area contributed by atoms with Crippen molar-refractivity contribution in [3.63, 3.8) is 0 Å². The lowest BCUT2D eigenvalue weighted by atomic mass is 9.74. The summed E-state index contributed by atoms with van der Waals surface area (Å²) in [4.78, 5) is 42.1. The molecule has 2 N–H and O–H groups in total. The predicted molar refractivity (Wildman–Crippen MR) is 150 cm³/mol. The molecule has 1 aliphatic heterocycles. The first-order valence-electron chi connectivity index (χ1n) is 14.5. The maximum Gasteiger partial charge on any atom is 0.290 e. The molecule has 9 heteroatoms. The summed E-state index contributed by atoms with van der Waals surface area (Å²) in [5.41, 5.74) is 2.52. The number of hydrogen-bond acceptors (Lipinski definition) is 6. The normalized spacial score (nSPS) is 20.5. The number of rotatable bonds is 9. The van der Waals surface area contributed by atoms with E-state index in [-0.39, 0.29) is 23.0 Å². The molecule has 0 bridgehead atoms. The molecule has 2 fully saturated rings. The van der Waals surface area contributed by atoms with E-state index in [0.29, 0.717) is 25.4 Å². The minimum atomic E-state index is -0.867. The van der Waals surface area contributed by atoms with Crippen LogP contribution in [0.25, 0.3) is 6.08 Å². The smallest absolute Gasteiger partial charge is 0.290 e. The van der Waals surface area contributed by atoms with Gasteiger partial charge in [-0.2, -0.15) is 0 Å². The zero-order chi connectivity index (χ0) is 28.1. The number of carbonyl (C=O) groups excluding carboxylic acids is 3. The van der Waals surface area contributed by atoms with Crippen molar-refractivity contribution in [1.82, 2.24) is 20.7 Å². The van der Waals surface area contributed by atoms with Gasteiger partial charge in [0.15, 0.2) is 0 Å². The van der Waals surface area contributed by atoms with Crippen molar-refractivity contribution >= 4 is 23.8 Å². The molecule has 3 aliphatic rings. The molecule has 214 valence electrons. The number of amides is 3. The van der Waals surface area contributed by atoms with E-state index in [1.54, 1.807) is 6.92 Å². The zero-order valence-corrected chi connectivity index (χ0v) is 23.4. The molecule has 1 aromatic carbocycles. The highest BCUT2D eigenvalue weighted by Gasteiger charge is 2.41. The quantitative estimate of drug-likeness (QED) is 0.492. The number of likely N-dealkylation sites (tertiary alicyclic amines) is 1. The van der Waals surface area contributed by atoms with Crippen LogP contribution in [0.15, 0.2) is 47.1 Å². The highest BCUT2D eigenvalue weighted by molar-refractivity contribution is 5.96. The summed E-state index contributed by atoms with van der Waals surface area (Å²) in [6.45, 7) is 2.97. The van der Waals surface area contributed by atoms with Crippen LogP contribution in [0.5, 0.6) is 0 Å². The van der Waals surface area contributed by atoms with E-state index in [1.165, 1.54) is 36.9 Å². The molecular weight excluding hydrogens is 508 g/mol. The van der Waals surface area contributed by atoms with Crippen LogP contribution in [0.4, 0.5) is 0 Å². The molecule has 3 amide bonds. The van der Waals surface area contributed by atoms with E-state index in [1.807, 2.05) is 4.90 Å². The Hall–Kier alpha value is -3.46. The number of nitrogens with one attached hydrogen (secondary N) is 2.